The molecule has 112 valence electrons. The summed E-state index contributed by atoms with van der Waals surface area (Å²) >= 11 is 5.87. The summed E-state index contributed by atoms with van der Waals surface area (Å²) in [5, 5.41) is 16.2. The van der Waals surface area contributed by atoms with Crippen molar-refractivity contribution in [3.8, 4) is 11.8 Å². The van der Waals surface area contributed by atoms with Crippen LogP contribution in [0.5, 0.6) is 0 Å². The van der Waals surface area contributed by atoms with E-state index < -0.39 is 0 Å². The molecule has 0 fully saturated rings. The van der Waals surface area contributed by atoms with Crippen LogP contribution in [0.2, 0.25) is 5.02 Å². The summed E-state index contributed by atoms with van der Waals surface area (Å²) in [5.74, 6) is -0.307. The molecule has 0 radical (unpaired) electrons. The standard InChI is InChI=1S/C17H11ClN4O/c18-16-7-6-14(8-12(16)9-19)21-17(23)13-10-20-22(11-13)15-4-2-1-3-5-15/h1-8,10-11H,(H,21,23). The SMILES string of the molecule is N#Cc1cc(NC(=O)c2cnn(-c3ccccc3)c2)ccc1Cl. The molecule has 0 atom stereocenters. The van der Waals surface area contributed by atoms with Crippen molar-refractivity contribution in [2.45, 2.75) is 0 Å². The van der Waals surface area contributed by atoms with Crippen molar-refractivity contribution in [3.05, 3.63) is 77.1 Å². The molecule has 0 bridgehead atoms. The number of amides is 1. The Morgan fingerprint density at radius 2 is 2.00 bits per heavy atom. The van der Waals surface area contributed by atoms with Crippen LogP contribution in [-0.4, -0.2) is 15.7 Å². The molecule has 5 nitrogen and oxygen atoms in total. The lowest BCUT2D eigenvalue weighted by Crippen LogP contribution is -2.11. The van der Waals surface area contributed by atoms with E-state index in [1.165, 1.54) is 12.3 Å². The van der Waals surface area contributed by atoms with Crippen molar-refractivity contribution >= 4 is 23.2 Å². The Bertz CT molecular complexity index is 896. The summed E-state index contributed by atoms with van der Waals surface area (Å²) < 4.78 is 1.62. The summed E-state index contributed by atoms with van der Waals surface area (Å²) in [5.41, 5.74) is 2.10. The second-order valence-electron chi connectivity index (χ2n) is 4.77. The number of nitrogens with one attached hydrogen (secondary N) is 1. The zero-order valence-corrected chi connectivity index (χ0v) is 12.7. The normalized spacial score (nSPS) is 10.1. The number of rotatable bonds is 3. The zero-order valence-electron chi connectivity index (χ0n) is 11.9. The third kappa shape index (κ3) is 3.23. The van der Waals surface area contributed by atoms with E-state index in [4.69, 9.17) is 16.9 Å². The molecule has 1 amide bonds. The minimum absolute atomic E-state index is 0.307. The van der Waals surface area contributed by atoms with Gasteiger partial charge in [0.15, 0.2) is 0 Å². The maximum atomic E-state index is 12.3. The molecular weight excluding hydrogens is 312 g/mol. The average molecular weight is 323 g/mol. The van der Waals surface area contributed by atoms with Crippen LogP contribution in [0.1, 0.15) is 15.9 Å². The van der Waals surface area contributed by atoms with Crippen LogP contribution in [0.15, 0.2) is 60.9 Å². The van der Waals surface area contributed by atoms with Gasteiger partial charge in [0.2, 0.25) is 0 Å². The topological polar surface area (TPSA) is 70.7 Å². The van der Waals surface area contributed by atoms with Crippen LogP contribution in [-0.2, 0) is 0 Å². The van der Waals surface area contributed by atoms with Crippen molar-refractivity contribution in [2.24, 2.45) is 0 Å². The van der Waals surface area contributed by atoms with Gasteiger partial charge in [0.05, 0.1) is 28.0 Å². The molecule has 0 saturated heterocycles. The second-order valence-corrected chi connectivity index (χ2v) is 5.18. The molecule has 3 aromatic rings. The van der Waals surface area contributed by atoms with E-state index in [2.05, 4.69) is 10.4 Å². The Balaban J connectivity index is 1.79. The van der Waals surface area contributed by atoms with Gasteiger partial charge >= 0.3 is 0 Å². The number of nitriles is 1. The van der Waals surface area contributed by atoms with E-state index in [9.17, 15) is 4.79 Å². The molecule has 0 spiro atoms. The Hall–Kier alpha value is -3.10. The largest absolute Gasteiger partial charge is 0.322 e. The smallest absolute Gasteiger partial charge is 0.258 e. The predicted molar refractivity (Wildman–Crippen MR) is 87.7 cm³/mol. The fourth-order valence-electron chi connectivity index (χ4n) is 2.05. The van der Waals surface area contributed by atoms with Crippen LogP contribution >= 0.6 is 11.6 Å². The van der Waals surface area contributed by atoms with Gasteiger partial charge < -0.3 is 5.32 Å². The van der Waals surface area contributed by atoms with Crippen molar-refractivity contribution in [1.29, 1.82) is 5.26 Å². The Kier molecular flexibility index (Phi) is 4.09. The lowest BCUT2D eigenvalue weighted by molar-refractivity contribution is 0.102. The highest BCUT2D eigenvalue weighted by molar-refractivity contribution is 6.31. The summed E-state index contributed by atoms with van der Waals surface area (Å²) in [7, 11) is 0. The molecule has 0 saturated carbocycles. The summed E-state index contributed by atoms with van der Waals surface area (Å²) in [4.78, 5) is 12.3. The van der Waals surface area contributed by atoms with E-state index >= 15 is 0 Å². The van der Waals surface area contributed by atoms with Crippen LogP contribution < -0.4 is 5.32 Å². The minimum atomic E-state index is -0.307. The number of aromatic nitrogens is 2. The monoisotopic (exact) mass is 322 g/mol. The quantitative estimate of drug-likeness (QED) is 0.800. The van der Waals surface area contributed by atoms with Gasteiger partial charge in [-0.25, -0.2) is 4.68 Å². The number of hydrogen-bond donors (Lipinski definition) is 1. The van der Waals surface area contributed by atoms with Gasteiger partial charge in [-0.1, -0.05) is 29.8 Å². The first-order chi connectivity index (χ1) is 11.2. The van der Waals surface area contributed by atoms with E-state index in [-0.39, 0.29) is 5.91 Å². The predicted octanol–water partition coefficient (Wildman–Crippen LogP) is 3.65. The van der Waals surface area contributed by atoms with Gasteiger partial charge in [0.1, 0.15) is 6.07 Å². The van der Waals surface area contributed by atoms with Crippen molar-refractivity contribution in [2.75, 3.05) is 5.32 Å². The molecule has 0 aliphatic rings. The first-order valence-electron chi connectivity index (χ1n) is 6.78. The van der Waals surface area contributed by atoms with Crippen molar-refractivity contribution < 1.29 is 4.79 Å². The van der Waals surface area contributed by atoms with Crippen LogP contribution in [0.4, 0.5) is 5.69 Å². The number of carbonyl (C=O) groups excluding carboxylic acids is 1. The van der Waals surface area contributed by atoms with E-state index in [1.807, 2.05) is 36.4 Å². The fraction of sp³-hybridized carbons (Fsp3) is 0. The number of carbonyl (C=O) groups is 1. The highest BCUT2D eigenvalue weighted by atomic mass is 35.5. The number of benzene rings is 2. The van der Waals surface area contributed by atoms with E-state index in [0.717, 1.165) is 5.69 Å². The molecular formula is C17H11ClN4O. The Morgan fingerprint density at radius 1 is 1.22 bits per heavy atom. The van der Waals surface area contributed by atoms with E-state index in [0.29, 0.717) is 21.8 Å². The number of nitrogens with zero attached hydrogens (tertiary/aromatic N) is 3. The number of halogens is 1. The molecule has 6 heteroatoms. The van der Waals surface area contributed by atoms with Crippen LogP contribution in [0.3, 0.4) is 0 Å². The third-order valence-corrected chi connectivity index (χ3v) is 3.54. The molecule has 1 heterocycles. The maximum absolute atomic E-state index is 12.3. The maximum Gasteiger partial charge on any atom is 0.258 e. The van der Waals surface area contributed by atoms with Crippen molar-refractivity contribution in [1.82, 2.24) is 9.78 Å². The van der Waals surface area contributed by atoms with Gasteiger partial charge in [-0.15, -0.1) is 0 Å². The second kappa shape index (κ2) is 6.34. The molecule has 0 unspecified atom stereocenters. The Labute approximate surface area is 137 Å². The molecule has 0 aliphatic heterocycles. The van der Waals surface area contributed by atoms with Gasteiger partial charge in [0, 0.05) is 11.9 Å². The van der Waals surface area contributed by atoms with Crippen LogP contribution in [0.25, 0.3) is 5.69 Å². The Morgan fingerprint density at radius 3 is 2.74 bits per heavy atom. The van der Waals surface area contributed by atoms with Gasteiger partial charge in [0.25, 0.3) is 5.91 Å². The molecule has 23 heavy (non-hydrogen) atoms. The number of anilines is 1. The van der Waals surface area contributed by atoms with Gasteiger partial charge in [-0.2, -0.15) is 10.4 Å². The summed E-state index contributed by atoms with van der Waals surface area (Å²) in [6.07, 6.45) is 3.13. The molecule has 1 N–H and O–H groups in total. The highest BCUT2D eigenvalue weighted by Gasteiger charge is 2.11. The molecule has 2 aromatic carbocycles. The van der Waals surface area contributed by atoms with Gasteiger partial charge in [-0.05, 0) is 30.3 Å². The minimum Gasteiger partial charge on any atom is -0.322 e. The van der Waals surface area contributed by atoms with Crippen LogP contribution in [0, 0.1) is 11.3 Å². The van der Waals surface area contributed by atoms with E-state index in [1.54, 1.807) is 23.0 Å². The molecule has 1 aromatic heterocycles. The number of para-hydroxylation sites is 1. The highest BCUT2D eigenvalue weighted by Crippen LogP contribution is 2.20. The number of hydrogen-bond acceptors (Lipinski definition) is 3. The molecule has 0 aliphatic carbocycles. The lowest BCUT2D eigenvalue weighted by atomic mass is 10.2. The first kappa shape index (κ1) is 14.8. The van der Waals surface area contributed by atoms with Gasteiger partial charge in [-0.3, -0.25) is 4.79 Å². The first-order valence-corrected chi connectivity index (χ1v) is 7.16. The zero-order chi connectivity index (χ0) is 16.2. The lowest BCUT2D eigenvalue weighted by Gasteiger charge is -2.04. The third-order valence-electron chi connectivity index (χ3n) is 3.21. The fourth-order valence-corrected chi connectivity index (χ4v) is 2.21. The van der Waals surface area contributed by atoms with Crippen molar-refractivity contribution in [3.63, 3.8) is 0 Å². The average Bonchev–Trinajstić information content (AvgIpc) is 3.07. The molecule has 3 rings (SSSR count). The summed E-state index contributed by atoms with van der Waals surface area (Å²) in [6, 6.07) is 16.2. The summed E-state index contributed by atoms with van der Waals surface area (Å²) in [6.45, 7) is 0.